The summed E-state index contributed by atoms with van der Waals surface area (Å²) in [5, 5.41) is 9.04. The zero-order chi connectivity index (χ0) is 21.0. The molecule has 8 heteroatoms. The number of ether oxygens (including phenoxy) is 1. The second-order valence-electron chi connectivity index (χ2n) is 6.46. The van der Waals surface area contributed by atoms with E-state index < -0.39 is 16.0 Å². The molecule has 3 rings (SSSR count). The van der Waals surface area contributed by atoms with Gasteiger partial charge in [0, 0.05) is 6.54 Å². The highest BCUT2D eigenvalue weighted by atomic mass is 32.2. The van der Waals surface area contributed by atoms with Crippen LogP contribution in [0.1, 0.15) is 27.4 Å². The molecule has 0 saturated carbocycles. The molecule has 1 N–H and O–H groups in total. The first-order valence-corrected chi connectivity index (χ1v) is 10.3. The van der Waals surface area contributed by atoms with Crippen molar-refractivity contribution in [1.82, 2.24) is 4.31 Å². The van der Waals surface area contributed by atoms with Gasteiger partial charge in [0.15, 0.2) is 0 Å². The van der Waals surface area contributed by atoms with Crippen molar-refractivity contribution in [3.05, 3.63) is 83.3 Å². The molecule has 0 aliphatic heterocycles. The van der Waals surface area contributed by atoms with Crippen LogP contribution in [0.15, 0.2) is 70.0 Å². The molecular weight excluding hydrogens is 394 g/mol. The number of furan rings is 1. The van der Waals surface area contributed by atoms with E-state index in [9.17, 15) is 13.2 Å². The number of sulfonamides is 1. The normalized spacial score (nSPS) is 11.6. The van der Waals surface area contributed by atoms with Crippen LogP contribution >= 0.6 is 0 Å². The third kappa shape index (κ3) is 4.85. The van der Waals surface area contributed by atoms with Gasteiger partial charge < -0.3 is 14.3 Å². The summed E-state index contributed by atoms with van der Waals surface area (Å²) < 4.78 is 38.5. The quantitative estimate of drug-likeness (QED) is 0.603. The topological polar surface area (TPSA) is 97.0 Å². The van der Waals surface area contributed by atoms with Crippen molar-refractivity contribution >= 4 is 16.0 Å². The molecule has 0 amide bonds. The summed E-state index contributed by atoms with van der Waals surface area (Å²) in [4.78, 5) is 11.1. The summed E-state index contributed by atoms with van der Waals surface area (Å²) in [6.45, 7) is 1.95. The van der Waals surface area contributed by atoms with E-state index in [1.807, 2.05) is 0 Å². The number of benzene rings is 2. The fraction of sp³-hybridized carbons (Fsp3) is 0.190. The maximum Gasteiger partial charge on any atom is 0.335 e. The Balaban J connectivity index is 1.94. The molecule has 0 aliphatic rings. The van der Waals surface area contributed by atoms with Crippen LogP contribution in [0.4, 0.5) is 0 Å². The average Bonchev–Trinajstić information content (AvgIpc) is 3.13. The predicted molar refractivity (Wildman–Crippen MR) is 106 cm³/mol. The number of rotatable bonds is 8. The minimum Gasteiger partial charge on any atom is -0.497 e. The third-order valence-corrected chi connectivity index (χ3v) is 6.19. The molecule has 0 saturated heterocycles. The summed E-state index contributed by atoms with van der Waals surface area (Å²) in [5.74, 6) is 0.763. The lowest BCUT2D eigenvalue weighted by Crippen LogP contribution is -2.30. The van der Waals surface area contributed by atoms with Gasteiger partial charge in [-0.2, -0.15) is 4.31 Å². The van der Waals surface area contributed by atoms with Crippen LogP contribution in [0.3, 0.4) is 0 Å². The Morgan fingerprint density at radius 2 is 1.66 bits per heavy atom. The number of aryl methyl sites for hydroxylation is 1. The minimum atomic E-state index is -3.90. The Kier molecular flexibility index (Phi) is 6.05. The molecule has 0 atom stereocenters. The molecule has 0 radical (unpaired) electrons. The number of carboxylic acid groups (broad SMARTS) is 1. The number of aromatic carboxylic acids is 1. The average molecular weight is 415 g/mol. The summed E-state index contributed by atoms with van der Waals surface area (Å²) in [6, 6.07) is 15.8. The van der Waals surface area contributed by atoms with Crippen LogP contribution in [0.5, 0.6) is 5.75 Å². The van der Waals surface area contributed by atoms with Crippen molar-refractivity contribution in [3.8, 4) is 5.75 Å². The molecule has 0 unspecified atom stereocenters. The van der Waals surface area contributed by atoms with Crippen molar-refractivity contribution in [2.75, 3.05) is 7.11 Å². The van der Waals surface area contributed by atoms with Crippen LogP contribution in [0.25, 0.3) is 0 Å². The molecule has 152 valence electrons. The SMILES string of the molecule is COc1ccc(CN(Cc2ccc(C)o2)S(=O)(=O)c2ccc(C(=O)O)cc2)cc1. The van der Waals surface area contributed by atoms with Gasteiger partial charge in [-0.3, -0.25) is 0 Å². The lowest BCUT2D eigenvalue weighted by atomic mass is 10.2. The van der Waals surface area contributed by atoms with Gasteiger partial charge in [-0.15, -0.1) is 0 Å². The van der Waals surface area contributed by atoms with E-state index in [1.54, 1.807) is 50.4 Å². The molecule has 0 fully saturated rings. The van der Waals surface area contributed by atoms with Crippen molar-refractivity contribution < 1.29 is 27.5 Å². The molecule has 1 heterocycles. The number of carboxylic acids is 1. The molecule has 29 heavy (non-hydrogen) atoms. The van der Waals surface area contributed by atoms with Crippen LogP contribution in [-0.2, 0) is 23.1 Å². The van der Waals surface area contributed by atoms with Gasteiger partial charge in [0.25, 0.3) is 0 Å². The van der Waals surface area contributed by atoms with Crippen LogP contribution in [-0.4, -0.2) is 30.9 Å². The first-order chi connectivity index (χ1) is 13.8. The molecule has 2 aromatic carbocycles. The Labute approximate surface area is 169 Å². The zero-order valence-corrected chi connectivity index (χ0v) is 16.8. The molecule has 1 aromatic heterocycles. The lowest BCUT2D eigenvalue weighted by Gasteiger charge is -2.21. The Morgan fingerprint density at radius 1 is 1.00 bits per heavy atom. The Bertz CT molecular complexity index is 1080. The number of hydrogen-bond donors (Lipinski definition) is 1. The van der Waals surface area contributed by atoms with Gasteiger partial charge in [0.2, 0.25) is 10.0 Å². The van der Waals surface area contributed by atoms with Gasteiger partial charge in [-0.1, -0.05) is 12.1 Å². The first kappa shape index (κ1) is 20.6. The number of methoxy groups -OCH3 is 1. The van der Waals surface area contributed by atoms with Gasteiger partial charge in [-0.05, 0) is 61.0 Å². The molecule has 7 nitrogen and oxygen atoms in total. The summed E-state index contributed by atoms with van der Waals surface area (Å²) in [7, 11) is -2.34. The second-order valence-corrected chi connectivity index (χ2v) is 8.40. The van der Waals surface area contributed by atoms with Gasteiger partial charge in [-0.25, -0.2) is 13.2 Å². The predicted octanol–water partition coefficient (Wildman–Crippen LogP) is 3.69. The van der Waals surface area contributed by atoms with Crippen LogP contribution in [0, 0.1) is 6.92 Å². The Morgan fingerprint density at radius 3 is 2.17 bits per heavy atom. The van der Waals surface area contributed by atoms with E-state index >= 15 is 0 Å². The summed E-state index contributed by atoms with van der Waals surface area (Å²) in [6.07, 6.45) is 0. The molecule has 3 aromatic rings. The summed E-state index contributed by atoms with van der Waals surface area (Å²) >= 11 is 0. The standard InChI is InChI=1S/C21H21NO6S/c1-15-3-8-19(28-15)14-22(13-16-4-9-18(27-2)10-5-16)29(25,26)20-11-6-17(7-12-20)21(23)24/h3-12H,13-14H2,1-2H3,(H,23,24). The molecule has 0 aliphatic carbocycles. The van der Waals surface area contributed by atoms with Gasteiger partial charge >= 0.3 is 5.97 Å². The lowest BCUT2D eigenvalue weighted by molar-refractivity contribution is 0.0696. The third-order valence-electron chi connectivity index (χ3n) is 4.39. The fourth-order valence-corrected chi connectivity index (χ4v) is 4.22. The molecular formula is C21H21NO6S. The van der Waals surface area contributed by atoms with Crippen molar-refractivity contribution in [2.45, 2.75) is 24.9 Å². The van der Waals surface area contributed by atoms with Gasteiger partial charge in [0.05, 0.1) is 24.1 Å². The molecule has 0 spiro atoms. The van der Waals surface area contributed by atoms with Crippen LogP contribution in [0.2, 0.25) is 0 Å². The first-order valence-electron chi connectivity index (χ1n) is 8.81. The largest absolute Gasteiger partial charge is 0.497 e. The Hall–Kier alpha value is -3.10. The number of hydrogen-bond acceptors (Lipinski definition) is 5. The fourth-order valence-electron chi connectivity index (χ4n) is 2.82. The van der Waals surface area contributed by atoms with E-state index in [0.29, 0.717) is 17.3 Å². The smallest absolute Gasteiger partial charge is 0.335 e. The van der Waals surface area contributed by atoms with E-state index in [0.717, 1.165) is 5.56 Å². The van der Waals surface area contributed by atoms with Crippen molar-refractivity contribution in [2.24, 2.45) is 0 Å². The van der Waals surface area contributed by atoms with Crippen molar-refractivity contribution in [1.29, 1.82) is 0 Å². The number of nitrogens with zero attached hydrogens (tertiary/aromatic N) is 1. The van der Waals surface area contributed by atoms with E-state index in [2.05, 4.69) is 0 Å². The minimum absolute atomic E-state index is 0.0132. The van der Waals surface area contributed by atoms with E-state index in [4.69, 9.17) is 14.3 Å². The van der Waals surface area contributed by atoms with E-state index in [-0.39, 0.29) is 23.5 Å². The van der Waals surface area contributed by atoms with Crippen LogP contribution < -0.4 is 4.74 Å². The number of carbonyl (C=O) groups is 1. The maximum absolute atomic E-state index is 13.3. The van der Waals surface area contributed by atoms with E-state index in [1.165, 1.54) is 28.6 Å². The summed E-state index contributed by atoms with van der Waals surface area (Å²) in [5.41, 5.74) is 0.798. The monoisotopic (exact) mass is 415 g/mol. The highest BCUT2D eigenvalue weighted by molar-refractivity contribution is 7.89. The zero-order valence-electron chi connectivity index (χ0n) is 16.0. The second kappa shape index (κ2) is 8.50. The highest BCUT2D eigenvalue weighted by Gasteiger charge is 2.26. The maximum atomic E-state index is 13.3. The van der Waals surface area contributed by atoms with Crippen molar-refractivity contribution in [3.63, 3.8) is 0 Å². The highest BCUT2D eigenvalue weighted by Crippen LogP contribution is 2.23. The molecule has 0 bridgehead atoms. The van der Waals surface area contributed by atoms with Gasteiger partial charge in [0.1, 0.15) is 17.3 Å².